The van der Waals surface area contributed by atoms with Crippen molar-refractivity contribution in [2.45, 2.75) is 19.5 Å². The van der Waals surface area contributed by atoms with Crippen LogP contribution in [0.1, 0.15) is 18.4 Å². The van der Waals surface area contributed by atoms with Crippen molar-refractivity contribution in [3.63, 3.8) is 0 Å². The maximum absolute atomic E-state index is 12.1. The Morgan fingerprint density at radius 2 is 1.93 bits per heavy atom. The number of nitrogens with zero attached hydrogens (tertiary/aromatic N) is 2. The molecule has 0 radical (unpaired) electrons. The average molecular weight is 205 g/mol. The Hall–Kier alpha value is -1.19. The quantitative estimate of drug-likeness (QED) is 0.419. The summed E-state index contributed by atoms with van der Waals surface area (Å²) in [6.07, 6.45) is 7.84. The molecule has 0 unspecified atom stereocenters. The number of hydroxylamine groups is 3. The first-order valence-electron chi connectivity index (χ1n) is 5.40. The van der Waals surface area contributed by atoms with Crippen LogP contribution >= 0.6 is 0 Å². The molecule has 80 valence electrons. The zero-order valence-electron chi connectivity index (χ0n) is 8.93. The zero-order valence-corrected chi connectivity index (χ0v) is 8.93. The van der Waals surface area contributed by atoms with Crippen molar-refractivity contribution in [1.82, 2.24) is 0 Å². The lowest BCUT2D eigenvalue weighted by molar-refractivity contribution is -1.01. The molecule has 2 heterocycles. The molecule has 15 heavy (non-hydrogen) atoms. The predicted octanol–water partition coefficient (Wildman–Crippen LogP) is 1.68. The van der Waals surface area contributed by atoms with Crippen molar-refractivity contribution in [3.05, 3.63) is 41.9 Å². The molecule has 0 aromatic carbocycles. The molecular weight excluding hydrogens is 188 g/mol. The molecule has 1 fully saturated rings. The van der Waals surface area contributed by atoms with Gasteiger partial charge in [0.1, 0.15) is 0 Å². The number of aromatic nitrogens is 1. The van der Waals surface area contributed by atoms with Gasteiger partial charge in [-0.1, -0.05) is 12.7 Å². The molecule has 0 N–H and O–H groups in total. The second kappa shape index (κ2) is 4.13. The van der Waals surface area contributed by atoms with Gasteiger partial charge in [0.05, 0.1) is 13.1 Å². The van der Waals surface area contributed by atoms with Crippen LogP contribution in [0, 0.1) is 5.21 Å². The van der Waals surface area contributed by atoms with E-state index in [4.69, 9.17) is 0 Å². The summed E-state index contributed by atoms with van der Waals surface area (Å²) in [5, 5.41) is 12.1. The van der Waals surface area contributed by atoms with Crippen LogP contribution in [0.15, 0.2) is 31.1 Å². The van der Waals surface area contributed by atoms with Gasteiger partial charge in [0, 0.05) is 25.0 Å². The van der Waals surface area contributed by atoms with E-state index in [0.29, 0.717) is 6.67 Å². The van der Waals surface area contributed by atoms with Gasteiger partial charge in [-0.3, -0.25) is 0 Å². The van der Waals surface area contributed by atoms with Crippen LogP contribution in [0.2, 0.25) is 0 Å². The van der Waals surface area contributed by atoms with Crippen molar-refractivity contribution in [2.75, 3.05) is 13.1 Å². The minimum absolute atomic E-state index is 0.0713. The second-order valence-corrected chi connectivity index (χ2v) is 4.20. The zero-order chi connectivity index (χ0) is 10.7. The molecule has 0 bridgehead atoms. The Labute approximate surface area is 90.4 Å². The van der Waals surface area contributed by atoms with Crippen LogP contribution in [-0.2, 0) is 6.67 Å². The molecule has 1 aromatic rings. The highest BCUT2D eigenvalue weighted by atomic mass is 16.5. The minimum Gasteiger partial charge on any atom is -0.628 e. The van der Waals surface area contributed by atoms with E-state index >= 15 is 0 Å². The summed E-state index contributed by atoms with van der Waals surface area (Å²) < 4.78 is 1.89. The Morgan fingerprint density at radius 1 is 1.33 bits per heavy atom. The summed E-state index contributed by atoms with van der Waals surface area (Å²) in [5.74, 6) is 0. The SMILES string of the molecule is C=Cc1cc[n+](C[N+]2([O-])CCCC2)cc1. The number of hydrogen-bond donors (Lipinski definition) is 0. The molecule has 3 heteroatoms. The first-order valence-corrected chi connectivity index (χ1v) is 5.40. The molecular formula is C12H17N2O+. The van der Waals surface area contributed by atoms with E-state index in [1.165, 1.54) is 0 Å². The molecule has 1 aliphatic rings. The molecule has 1 aliphatic heterocycles. The number of quaternary nitrogens is 1. The van der Waals surface area contributed by atoms with Crippen LogP contribution in [0.4, 0.5) is 0 Å². The lowest BCUT2D eigenvalue weighted by Crippen LogP contribution is -2.51. The van der Waals surface area contributed by atoms with E-state index in [1.807, 2.05) is 35.2 Å². The third-order valence-electron chi connectivity index (χ3n) is 2.95. The Kier molecular flexibility index (Phi) is 2.84. The van der Waals surface area contributed by atoms with Crippen LogP contribution in [0.25, 0.3) is 6.08 Å². The van der Waals surface area contributed by atoms with Crippen LogP contribution in [0.5, 0.6) is 0 Å². The molecule has 0 atom stereocenters. The Balaban J connectivity index is 2.07. The number of hydrogen-bond acceptors (Lipinski definition) is 1. The largest absolute Gasteiger partial charge is 0.628 e. The predicted molar refractivity (Wildman–Crippen MR) is 59.3 cm³/mol. The van der Waals surface area contributed by atoms with E-state index in [9.17, 15) is 5.21 Å². The Morgan fingerprint density at radius 3 is 2.47 bits per heavy atom. The van der Waals surface area contributed by atoms with E-state index < -0.39 is 0 Å². The fourth-order valence-corrected chi connectivity index (χ4v) is 2.05. The maximum Gasteiger partial charge on any atom is 0.275 e. The van der Waals surface area contributed by atoms with Gasteiger partial charge in [0.25, 0.3) is 6.67 Å². The lowest BCUT2D eigenvalue weighted by Gasteiger charge is -2.34. The fourth-order valence-electron chi connectivity index (χ4n) is 2.05. The van der Waals surface area contributed by atoms with E-state index in [1.54, 1.807) is 0 Å². The molecule has 0 spiro atoms. The van der Waals surface area contributed by atoms with Gasteiger partial charge in [0.15, 0.2) is 12.4 Å². The summed E-state index contributed by atoms with van der Waals surface area (Å²) in [7, 11) is 0. The highest BCUT2D eigenvalue weighted by Gasteiger charge is 2.26. The molecule has 1 aromatic heterocycles. The second-order valence-electron chi connectivity index (χ2n) is 4.20. The van der Waals surface area contributed by atoms with Gasteiger partial charge in [-0.2, -0.15) is 4.57 Å². The fraction of sp³-hybridized carbons (Fsp3) is 0.417. The van der Waals surface area contributed by atoms with Gasteiger partial charge in [-0.25, -0.2) is 0 Å². The average Bonchev–Trinajstić information content (AvgIpc) is 2.66. The first kappa shape index (κ1) is 10.3. The smallest absolute Gasteiger partial charge is 0.275 e. The highest BCUT2D eigenvalue weighted by molar-refractivity contribution is 5.44. The topological polar surface area (TPSA) is 26.9 Å². The highest BCUT2D eigenvalue weighted by Crippen LogP contribution is 2.16. The van der Waals surface area contributed by atoms with Gasteiger partial charge >= 0.3 is 0 Å². The van der Waals surface area contributed by atoms with E-state index in [-0.39, 0.29) is 4.65 Å². The molecule has 2 rings (SSSR count). The number of rotatable bonds is 3. The van der Waals surface area contributed by atoms with E-state index in [2.05, 4.69) is 6.58 Å². The van der Waals surface area contributed by atoms with Crippen LogP contribution in [-0.4, -0.2) is 17.7 Å². The van der Waals surface area contributed by atoms with Crippen molar-refractivity contribution >= 4 is 6.08 Å². The standard InChI is InChI=1S/C12H17N2O/c1-2-12-5-7-13(8-6-12)11-14(15)9-3-4-10-14/h2,5-8H,1,3-4,9-11H2/q+1. The van der Waals surface area contributed by atoms with Gasteiger partial charge in [-0.05, 0) is 5.56 Å². The van der Waals surface area contributed by atoms with Crippen LogP contribution in [0.3, 0.4) is 0 Å². The summed E-state index contributed by atoms with van der Waals surface area (Å²) in [6.45, 7) is 5.76. The number of pyridine rings is 1. The van der Waals surface area contributed by atoms with Gasteiger partial charge in [-0.15, -0.1) is 0 Å². The monoisotopic (exact) mass is 205 g/mol. The van der Waals surface area contributed by atoms with Crippen LogP contribution < -0.4 is 4.57 Å². The van der Waals surface area contributed by atoms with Crippen molar-refractivity contribution in [2.24, 2.45) is 0 Å². The summed E-state index contributed by atoms with van der Waals surface area (Å²) in [5.41, 5.74) is 1.09. The Bertz CT molecular complexity index is 339. The number of likely N-dealkylation sites (tertiary alicyclic amines) is 1. The summed E-state index contributed by atoms with van der Waals surface area (Å²) >= 11 is 0. The third kappa shape index (κ3) is 2.43. The van der Waals surface area contributed by atoms with Gasteiger partial charge in [0.2, 0.25) is 0 Å². The van der Waals surface area contributed by atoms with Crippen molar-refractivity contribution in [3.8, 4) is 0 Å². The molecule has 3 nitrogen and oxygen atoms in total. The molecule has 0 saturated carbocycles. The van der Waals surface area contributed by atoms with Crippen molar-refractivity contribution in [1.29, 1.82) is 0 Å². The van der Waals surface area contributed by atoms with E-state index in [0.717, 1.165) is 31.5 Å². The minimum atomic E-state index is -0.0713. The summed E-state index contributed by atoms with van der Waals surface area (Å²) in [6, 6.07) is 3.96. The van der Waals surface area contributed by atoms with Crippen molar-refractivity contribution < 1.29 is 9.21 Å². The summed E-state index contributed by atoms with van der Waals surface area (Å²) in [4.78, 5) is 0. The third-order valence-corrected chi connectivity index (χ3v) is 2.95. The normalized spacial score (nSPS) is 19.0. The first-order chi connectivity index (χ1) is 7.22. The molecule has 1 saturated heterocycles. The lowest BCUT2D eigenvalue weighted by atomic mass is 10.3. The molecule has 0 aliphatic carbocycles. The van der Waals surface area contributed by atoms with Gasteiger partial charge < -0.3 is 9.85 Å². The molecule has 0 amide bonds. The maximum atomic E-state index is 12.1.